The molecule has 0 spiro atoms. The molecule has 0 aliphatic rings. The van der Waals surface area contributed by atoms with Crippen molar-refractivity contribution < 1.29 is 4.39 Å². The van der Waals surface area contributed by atoms with Gasteiger partial charge in [0.15, 0.2) is 0 Å². The number of hydrogen-bond donors (Lipinski definition) is 1. The Morgan fingerprint density at radius 3 is 2.88 bits per heavy atom. The van der Waals surface area contributed by atoms with Crippen LogP contribution >= 0.6 is 0 Å². The van der Waals surface area contributed by atoms with Crippen LogP contribution in [0.15, 0.2) is 12.8 Å². The van der Waals surface area contributed by atoms with E-state index in [9.17, 15) is 4.39 Å². The molecule has 0 saturated carbocycles. The molecule has 42 valence electrons. The molecule has 0 aliphatic heterocycles. The summed E-state index contributed by atoms with van der Waals surface area (Å²) in [5.74, 6) is 0. The van der Waals surface area contributed by atoms with E-state index in [2.05, 4.69) is 16.5 Å². The van der Waals surface area contributed by atoms with Crippen LogP contribution in [0.3, 0.4) is 0 Å². The van der Waals surface area contributed by atoms with Gasteiger partial charge in [-0.1, -0.05) is 6.58 Å². The fourth-order valence-electron chi connectivity index (χ4n) is 0.416. The lowest BCUT2D eigenvalue weighted by Crippen LogP contribution is -1.72. The zero-order valence-electron chi connectivity index (χ0n) is 4.19. The maximum atomic E-state index is 11.9. The second-order valence-electron chi connectivity index (χ2n) is 1.32. The van der Waals surface area contributed by atoms with E-state index < -0.39 is 6.08 Å². The molecule has 1 aromatic rings. The lowest BCUT2D eigenvalue weighted by molar-refractivity contribution is 0.552. The predicted octanol–water partition coefficient (Wildman–Crippen LogP) is 1.19. The van der Waals surface area contributed by atoms with E-state index in [0.717, 1.165) is 0 Å². The Bertz CT molecular complexity index is 192. The highest BCUT2D eigenvalue weighted by molar-refractivity contribution is 5.38. The molecule has 0 saturated heterocycles. The van der Waals surface area contributed by atoms with Crippen molar-refractivity contribution >= 4 is 6.08 Å². The Labute approximate surface area is 46.1 Å². The summed E-state index contributed by atoms with van der Waals surface area (Å²) in [6.45, 7) is 3.40. The van der Waals surface area contributed by atoms with E-state index in [1.165, 1.54) is 12.3 Å². The number of hydrogen-bond acceptors (Lipinski definition) is 1. The summed E-state index contributed by atoms with van der Waals surface area (Å²) in [6.07, 6.45) is 2.35. The van der Waals surface area contributed by atoms with Gasteiger partial charge in [-0.3, -0.25) is 0 Å². The standard InChI is InChI=1S/C5H5FN2/c1-2-4-3-7-5(6)8-4/h2-3H,1H2,(H,7,8). The van der Waals surface area contributed by atoms with Crippen molar-refractivity contribution in [1.82, 2.24) is 9.97 Å². The maximum Gasteiger partial charge on any atom is 0.287 e. The lowest BCUT2D eigenvalue weighted by Gasteiger charge is -1.70. The monoisotopic (exact) mass is 112 g/mol. The van der Waals surface area contributed by atoms with Gasteiger partial charge in [0.1, 0.15) is 0 Å². The normalized spacial score (nSPS) is 9.12. The first kappa shape index (κ1) is 5.03. The van der Waals surface area contributed by atoms with Gasteiger partial charge in [-0.05, 0) is 6.08 Å². The van der Waals surface area contributed by atoms with Gasteiger partial charge in [0.2, 0.25) is 0 Å². The first-order valence-electron chi connectivity index (χ1n) is 2.16. The third kappa shape index (κ3) is 0.753. The lowest BCUT2D eigenvalue weighted by atomic mass is 10.5. The van der Waals surface area contributed by atoms with Crippen LogP contribution in [0.25, 0.3) is 6.08 Å². The summed E-state index contributed by atoms with van der Waals surface area (Å²) in [7, 11) is 0. The Balaban J connectivity index is 3.00. The van der Waals surface area contributed by atoms with E-state index in [4.69, 9.17) is 0 Å². The molecule has 0 bridgehead atoms. The second kappa shape index (κ2) is 1.78. The van der Waals surface area contributed by atoms with Gasteiger partial charge >= 0.3 is 0 Å². The largest absolute Gasteiger partial charge is 0.320 e. The molecule has 0 amide bonds. The van der Waals surface area contributed by atoms with Gasteiger partial charge in [-0.25, -0.2) is 4.98 Å². The smallest absolute Gasteiger partial charge is 0.287 e. The van der Waals surface area contributed by atoms with Gasteiger partial charge < -0.3 is 4.98 Å². The van der Waals surface area contributed by atoms with E-state index in [0.29, 0.717) is 5.69 Å². The van der Waals surface area contributed by atoms with Gasteiger partial charge in [-0.2, -0.15) is 4.39 Å². The summed E-state index contributed by atoms with van der Waals surface area (Å²) < 4.78 is 11.9. The molecular formula is C5H5FN2. The molecule has 0 atom stereocenters. The van der Waals surface area contributed by atoms with E-state index in [1.54, 1.807) is 0 Å². The first-order chi connectivity index (χ1) is 3.83. The SMILES string of the molecule is C=Cc1c[nH]c(F)n1. The molecule has 0 fully saturated rings. The molecule has 0 aromatic carbocycles. The van der Waals surface area contributed by atoms with Crippen molar-refractivity contribution in [3.05, 3.63) is 24.5 Å². The van der Waals surface area contributed by atoms with Crippen LogP contribution in [0.4, 0.5) is 4.39 Å². The van der Waals surface area contributed by atoms with E-state index in [1.807, 2.05) is 0 Å². The van der Waals surface area contributed by atoms with Crippen LogP contribution in [-0.4, -0.2) is 9.97 Å². The average Bonchev–Trinajstić information content (AvgIpc) is 2.14. The van der Waals surface area contributed by atoms with Crippen molar-refractivity contribution in [3.63, 3.8) is 0 Å². The van der Waals surface area contributed by atoms with Gasteiger partial charge in [0.05, 0.1) is 5.69 Å². The van der Waals surface area contributed by atoms with Gasteiger partial charge in [-0.15, -0.1) is 0 Å². The molecule has 1 N–H and O–H groups in total. The number of halogens is 1. The van der Waals surface area contributed by atoms with Crippen molar-refractivity contribution in [1.29, 1.82) is 0 Å². The predicted molar refractivity (Wildman–Crippen MR) is 28.6 cm³/mol. The number of imidazole rings is 1. The highest BCUT2D eigenvalue weighted by atomic mass is 19.1. The molecule has 0 unspecified atom stereocenters. The minimum atomic E-state index is -0.570. The summed E-state index contributed by atoms with van der Waals surface area (Å²) in [5, 5.41) is 0. The number of rotatable bonds is 1. The topological polar surface area (TPSA) is 28.7 Å². The Kier molecular flexibility index (Phi) is 1.12. The number of aromatic amines is 1. The zero-order chi connectivity index (χ0) is 5.98. The van der Waals surface area contributed by atoms with Crippen LogP contribution in [0.2, 0.25) is 0 Å². The summed E-state index contributed by atoms with van der Waals surface area (Å²) in [4.78, 5) is 5.66. The molecule has 1 heterocycles. The highest BCUT2D eigenvalue weighted by Crippen LogP contribution is 1.94. The number of nitrogens with zero attached hydrogens (tertiary/aromatic N) is 1. The number of aromatic nitrogens is 2. The van der Waals surface area contributed by atoms with Gasteiger partial charge in [0.25, 0.3) is 6.08 Å². The minimum absolute atomic E-state index is 0.530. The fraction of sp³-hybridized carbons (Fsp3) is 0. The number of H-pyrrole nitrogens is 1. The van der Waals surface area contributed by atoms with Gasteiger partial charge in [0, 0.05) is 6.20 Å². The van der Waals surface area contributed by atoms with Crippen LogP contribution in [0.5, 0.6) is 0 Å². The molecular weight excluding hydrogens is 107 g/mol. The third-order valence-corrected chi connectivity index (χ3v) is 0.776. The summed E-state index contributed by atoms with van der Waals surface area (Å²) in [6, 6.07) is 0. The van der Waals surface area contributed by atoms with Crippen LogP contribution in [0, 0.1) is 6.08 Å². The molecule has 3 heteroatoms. The molecule has 0 radical (unpaired) electrons. The summed E-state index contributed by atoms with van der Waals surface area (Å²) in [5.41, 5.74) is 0.530. The molecule has 0 aliphatic carbocycles. The zero-order valence-corrected chi connectivity index (χ0v) is 4.19. The van der Waals surface area contributed by atoms with Crippen LogP contribution in [-0.2, 0) is 0 Å². The molecule has 8 heavy (non-hydrogen) atoms. The molecule has 1 rings (SSSR count). The molecule has 1 aromatic heterocycles. The Hall–Kier alpha value is -1.12. The Morgan fingerprint density at radius 1 is 1.88 bits per heavy atom. The quantitative estimate of drug-likeness (QED) is 0.580. The number of nitrogens with one attached hydrogen (secondary N) is 1. The average molecular weight is 112 g/mol. The van der Waals surface area contributed by atoms with Crippen LogP contribution in [0.1, 0.15) is 5.69 Å². The molecule has 2 nitrogen and oxygen atoms in total. The highest BCUT2D eigenvalue weighted by Gasteiger charge is 1.91. The van der Waals surface area contributed by atoms with E-state index in [-0.39, 0.29) is 0 Å². The summed E-state index contributed by atoms with van der Waals surface area (Å²) >= 11 is 0. The Morgan fingerprint density at radius 2 is 2.62 bits per heavy atom. The minimum Gasteiger partial charge on any atom is -0.320 e. The van der Waals surface area contributed by atoms with Crippen LogP contribution < -0.4 is 0 Å². The van der Waals surface area contributed by atoms with Crippen molar-refractivity contribution in [2.24, 2.45) is 0 Å². The van der Waals surface area contributed by atoms with Crippen molar-refractivity contribution in [2.45, 2.75) is 0 Å². The third-order valence-electron chi connectivity index (χ3n) is 0.776. The second-order valence-corrected chi connectivity index (χ2v) is 1.32. The van der Waals surface area contributed by atoms with Crippen molar-refractivity contribution in [3.8, 4) is 0 Å². The maximum absolute atomic E-state index is 11.9. The first-order valence-corrected chi connectivity index (χ1v) is 2.16. The van der Waals surface area contributed by atoms with Crippen molar-refractivity contribution in [2.75, 3.05) is 0 Å². The van der Waals surface area contributed by atoms with E-state index >= 15 is 0 Å². The fourth-order valence-corrected chi connectivity index (χ4v) is 0.416.